The number of para-hydroxylation sites is 1. The molecule has 1 aliphatic rings. The number of carbonyl (C=O) groups is 1. The molecule has 1 aliphatic heterocycles. The second-order valence-corrected chi connectivity index (χ2v) is 6.33. The monoisotopic (exact) mass is 354 g/mol. The molecule has 2 aromatic rings. The van der Waals surface area contributed by atoms with Crippen LogP contribution in [0.25, 0.3) is 0 Å². The van der Waals surface area contributed by atoms with E-state index >= 15 is 0 Å². The summed E-state index contributed by atoms with van der Waals surface area (Å²) in [5.41, 5.74) is 4.75. The van der Waals surface area contributed by atoms with Gasteiger partial charge in [0.1, 0.15) is 18.8 Å². The fraction of sp³-hybridized carbons (Fsp3) is 0.300. The average molecular weight is 354 g/mol. The van der Waals surface area contributed by atoms with Gasteiger partial charge in [0.25, 0.3) is 5.91 Å². The van der Waals surface area contributed by atoms with E-state index in [4.69, 9.17) is 4.74 Å². The number of aromatic hydroxyl groups is 1. The van der Waals surface area contributed by atoms with Crippen LogP contribution in [0.1, 0.15) is 28.9 Å². The molecular weight excluding hydrogens is 330 g/mol. The highest BCUT2D eigenvalue weighted by Crippen LogP contribution is 2.15. The lowest BCUT2D eigenvalue weighted by Crippen LogP contribution is -3.15. The van der Waals surface area contributed by atoms with E-state index in [0.29, 0.717) is 0 Å². The van der Waals surface area contributed by atoms with Gasteiger partial charge in [0.05, 0.1) is 24.5 Å². The van der Waals surface area contributed by atoms with E-state index in [1.165, 1.54) is 11.0 Å². The van der Waals surface area contributed by atoms with Gasteiger partial charge in [-0.3, -0.25) is 4.79 Å². The first-order valence-electron chi connectivity index (χ1n) is 8.76. The van der Waals surface area contributed by atoms with Crippen LogP contribution in [0.2, 0.25) is 0 Å². The van der Waals surface area contributed by atoms with E-state index < -0.39 is 5.91 Å². The largest absolute Gasteiger partial charge is 0.507 e. The van der Waals surface area contributed by atoms with Gasteiger partial charge in [-0.05, 0) is 19.1 Å². The van der Waals surface area contributed by atoms with E-state index in [0.717, 1.165) is 37.6 Å². The SMILES string of the molecule is C/C(=N/NC(=O)c1ccccc1O)[C@H](c1ccccc1)[NH+]1CCOCC1. The minimum absolute atomic E-state index is 0.0461. The minimum Gasteiger partial charge on any atom is -0.507 e. The quantitative estimate of drug-likeness (QED) is 0.557. The first-order chi connectivity index (χ1) is 12.7. The standard InChI is InChI=1S/C20H23N3O3/c1-15(21-22-20(25)17-9-5-6-10-18(17)24)19(16-7-3-2-4-8-16)23-11-13-26-14-12-23/h2-10,19,24H,11-14H2,1H3,(H,22,25)/p+1/b21-15-/t19-/m1/s1. The maximum absolute atomic E-state index is 12.3. The number of quaternary nitrogens is 1. The number of nitrogens with zero attached hydrogens (tertiary/aromatic N) is 1. The molecule has 0 spiro atoms. The number of hydrazone groups is 1. The highest BCUT2D eigenvalue weighted by Gasteiger charge is 2.29. The van der Waals surface area contributed by atoms with Crippen LogP contribution in [0.4, 0.5) is 0 Å². The number of nitrogens with one attached hydrogen (secondary N) is 2. The van der Waals surface area contributed by atoms with Gasteiger partial charge in [0.2, 0.25) is 0 Å². The number of hydrogen-bond donors (Lipinski definition) is 3. The Morgan fingerprint density at radius 3 is 2.46 bits per heavy atom. The van der Waals surface area contributed by atoms with E-state index in [-0.39, 0.29) is 17.4 Å². The summed E-state index contributed by atoms with van der Waals surface area (Å²) in [6.45, 7) is 5.14. The Morgan fingerprint density at radius 1 is 1.12 bits per heavy atom. The smallest absolute Gasteiger partial charge is 0.275 e. The normalized spacial score (nSPS) is 16.9. The van der Waals surface area contributed by atoms with Crippen molar-refractivity contribution in [3.8, 4) is 5.75 Å². The maximum Gasteiger partial charge on any atom is 0.275 e. The highest BCUT2D eigenvalue weighted by molar-refractivity contribution is 5.98. The maximum atomic E-state index is 12.3. The zero-order valence-corrected chi connectivity index (χ0v) is 14.8. The molecule has 1 heterocycles. The van der Waals surface area contributed by atoms with Crippen molar-refractivity contribution >= 4 is 11.6 Å². The third kappa shape index (κ3) is 4.28. The third-order valence-electron chi connectivity index (χ3n) is 4.58. The Labute approximate surface area is 153 Å². The molecule has 0 bridgehead atoms. The second-order valence-electron chi connectivity index (χ2n) is 6.33. The molecule has 0 aliphatic carbocycles. The van der Waals surface area contributed by atoms with Gasteiger partial charge >= 0.3 is 0 Å². The molecule has 1 atom stereocenters. The Hall–Kier alpha value is -2.70. The van der Waals surface area contributed by atoms with Crippen LogP contribution < -0.4 is 10.3 Å². The number of phenols is 1. The van der Waals surface area contributed by atoms with Crippen LogP contribution >= 0.6 is 0 Å². The Balaban J connectivity index is 1.80. The van der Waals surface area contributed by atoms with E-state index in [1.807, 2.05) is 25.1 Å². The van der Waals surface area contributed by atoms with Crippen LogP contribution in [0.3, 0.4) is 0 Å². The summed E-state index contributed by atoms with van der Waals surface area (Å²) >= 11 is 0. The number of amides is 1. The van der Waals surface area contributed by atoms with Crippen LogP contribution in [0.5, 0.6) is 5.75 Å². The average Bonchev–Trinajstić information content (AvgIpc) is 2.68. The van der Waals surface area contributed by atoms with E-state index in [9.17, 15) is 9.90 Å². The van der Waals surface area contributed by atoms with Crippen LogP contribution in [0.15, 0.2) is 59.7 Å². The van der Waals surface area contributed by atoms with Gasteiger partial charge < -0.3 is 14.7 Å². The van der Waals surface area contributed by atoms with E-state index in [1.54, 1.807) is 18.2 Å². The molecule has 0 radical (unpaired) electrons. The molecule has 3 N–H and O–H groups in total. The summed E-state index contributed by atoms with van der Waals surface area (Å²) in [6, 6.07) is 16.6. The number of carbonyl (C=O) groups excluding carboxylic acids is 1. The number of phenolic OH excluding ortho intramolecular Hbond substituents is 1. The second kappa shape index (κ2) is 8.60. The van der Waals surface area contributed by atoms with Gasteiger partial charge in [-0.2, -0.15) is 5.10 Å². The summed E-state index contributed by atoms with van der Waals surface area (Å²) in [5.74, 6) is -0.484. The molecule has 1 saturated heterocycles. The van der Waals surface area contributed by atoms with Crippen molar-refractivity contribution in [2.24, 2.45) is 5.10 Å². The van der Waals surface area contributed by atoms with Gasteiger partial charge in [-0.15, -0.1) is 0 Å². The highest BCUT2D eigenvalue weighted by atomic mass is 16.5. The number of hydrogen-bond acceptors (Lipinski definition) is 4. The molecule has 26 heavy (non-hydrogen) atoms. The molecular formula is C20H24N3O3+. The summed E-state index contributed by atoms with van der Waals surface area (Å²) < 4.78 is 5.48. The van der Waals surface area contributed by atoms with Gasteiger partial charge in [0.15, 0.2) is 6.04 Å². The summed E-state index contributed by atoms with van der Waals surface area (Å²) in [6.07, 6.45) is 0. The Bertz CT molecular complexity index is 771. The third-order valence-corrected chi connectivity index (χ3v) is 4.58. The van der Waals surface area contributed by atoms with Gasteiger partial charge in [-0.1, -0.05) is 42.5 Å². The van der Waals surface area contributed by atoms with Crippen molar-refractivity contribution in [2.45, 2.75) is 13.0 Å². The Morgan fingerprint density at radius 2 is 1.77 bits per heavy atom. The van der Waals surface area contributed by atoms with Crippen LogP contribution in [0, 0.1) is 0 Å². The van der Waals surface area contributed by atoms with Gasteiger partial charge in [0, 0.05) is 5.56 Å². The summed E-state index contributed by atoms with van der Waals surface area (Å²) in [4.78, 5) is 13.7. The fourth-order valence-corrected chi connectivity index (χ4v) is 3.27. The number of ether oxygens (including phenoxy) is 1. The Kier molecular flexibility index (Phi) is 5.99. The molecule has 0 saturated carbocycles. The van der Waals surface area contributed by atoms with Crippen LogP contribution in [-0.2, 0) is 4.74 Å². The van der Waals surface area contributed by atoms with Crippen molar-refractivity contribution in [2.75, 3.05) is 26.3 Å². The predicted octanol–water partition coefficient (Wildman–Crippen LogP) is 1.15. The minimum atomic E-state index is -0.425. The van der Waals surface area contributed by atoms with Crippen molar-refractivity contribution in [3.63, 3.8) is 0 Å². The molecule has 2 aromatic carbocycles. The molecule has 6 nitrogen and oxygen atoms in total. The molecule has 0 unspecified atom stereocenters. The van der Waals surface area contributed by atoms with Crippen molar-refractivity contribution < 1.29 is 19.5 Å². The lowest BCUT2D eigenvalue weighted by molar-refractivity contribution is -0.928. The molecule has 6 heteroatoms. The summed E-state index contributed by atoms with van der Waals surface area (Å²) in [5, 5.41) is 14.1. The number of benzene rings is 2. The van der Waals surface area contributed by atoms with E-state index in [2.05, 4.69) is 22.7 Å². The predicted molar refractivity (Wildman–Crippen MR) is 99.4 cm³/mol. The molecule has 1 amide bonds. The van der Waals surface area contributed by atoms with Crippen molar-refractivity contribution in [1.82, 2.24) is 5.43 Å². The summed E-state index contributed by atoms with van der Waals surface area (Å²) in [7, 11) is 0. The zero-order chi connectivity index (χ0) is 18.4. The fourth-order valence-electron chi connectivity index (χ4n) is 3.27. The molecule has 3 rings (SSSR count). The number of morpholine rings is 1. The lowest BCUT2D eigenvalue weighted by Gasteiger charge is -2.31. The first-order valence-corrected chi connectivity index (χ1v) is 8.76. The molecule has 136 valence electrons. The lowest BCUT2D eigenvalue weighted by atomic mass is 10.0. The topological polar surface area (TPSA) is 75.4 Å². The van der Waals surface area contributed by atoms with Crippen molar-refractivity contribution in [3.05, 3.63) is 65.7 Å². The van der Waals surface area contributed by atoms with Crippen molar-refractivity contribution in [1.29, 1.82) is 0 Å². The molecule has 0 aromatic heterocycles. The first kappa shape index (κ1) is 18.1. The zero-order valence-electron chi connectivity index (χ0n) is 14.8. The van der Waals surface area contributed by atoms with Crippen LogP contribution in [-0.4, -0.2) is 43.0 Å². The van der Waals surface area contributed by atoms with Gasteiger partial charge in [-0.25, -0.2) is 5.43 Å². The number of rotatable bonds is 5. The molecule has 1 fully saturated rings.